The van der Waals surface area contributed by atoms with Crippen molar-refractivity contribution in [2.24, 2.45) is 0 Å². The Bertz CT molecular complexity index is 1150. The zero-order valence-electron chi connectivity index (χ0n) is 17.8. The Morgan fingerprint density at radius 1 is 1.13 bits per heavy atom. The topological polar surface area (TPSA) is 84.3 Å². The SMILES string of the molecule is CCn1c(CCC(=O)NCc2ccc(C)cc2)nc2cc(S(=O)(=O)N(C)C)ccc21. The van der Waals surface area contributed by atoms with Crippen LogP contribution in [0, 0.1) is 6.92 Å². The number of amides is 1. The molecule has 0 fully saturated rings. The highest BCUT2D eigenvalue weighted by atomic mass is 32.2. The Kier molecular flexibility index (Phi) is 6.58. The van der Waals surface area contributed by atoms with Crippen molar-refractivity contribution in [3.05, 3.63) is 59.4 Å². The number of carbonyl (C=O) groups excluding carboxylic acids is 1. The quantitative estimate of drug-likeness (QED) is 0.598. The van der Waals surface area contributed by atoms with Crippen molar-refractivity contribution in [2.45, 2.75) is 44.7 Å². The van der Waals surface area contributed by atoms with E-state index in [1.54, 1.807) is 18.2 Å². The van der Waals surface area contributed by atoms with Crippen LogP contribution in [0.3, 0.4) is 0 Å². The molecule has 8 heteroatoms. The number of nitrogens with zero attached hydrogens (tertiary/aromatic N) is 3. The molecule has 30 heavy (non-hydrogen) atoms. The summed E-state index contributed by atoms with van der Waals surface area (Å²) in [5.74, 6) is 0.735. The van der Waals surface area contributed by atoms with Gasteiger partial charge in [-0.05, 0) is 37.6 Å². The predicted octanol–water partition coefficient (Wildman–Crippen LogP) is 2.86. The second kappa shape index (κ2) is 8.97. The Morgan fingerprint density at radius 2 is 1.83 bits per heavy atom. The molecular formula is C22H28N4O3S. The molecule has 160 valence electrons. The number of fused-ring (bicyclic) bond motifs is 1. The van der Waals surface area contributed by atoms with Crippen LogP contribution in [0.1, 0.15) is 30.3 Å². The van der Waals surface area contributed by atoms with Crippen LogP contribution < -0.4 is 5.32 Å². The molecule has 0 radical (unpaired) electrons. The minimum absolute atomic E-state index is 0.0406. The van der Waals surface area contributed by atoms with Gasteiger partial charge in [0.15, 0.2) is 0 Å². The summed E-state index contributed by atoms with van der Waals surface area (Å²) in [4.78, 5) is 17.1. The van der Waals surface area contributed by atoms with Crippen LogP contribution in [0.5, 0.6) is 0 Å². The van der Waals surface area contributed by atoms with Crippen LogP contribution in [-0.2, 0) is 34.3 Å². The number of imidazole rings is 1. The van der Waals surface area contributed by atoms with Crippen molar-refractivity contribution in [3.8, 4) is 0 Å². The van der Waals surface area contributed by atoms with Crippen LogP contribution in [0.2, 0.25) is 0 Å². The van der Waals surface area contributed by atoms with Gasteiger partial charge in [-0.25, -0.2) is 17.7 Å². The number of aromatic nitrogens is 2. The fourth-order valence-electron chi connectivity index (χ4n) is 3.29. The van der Waals surface area contributed by atoms with Gasteiger partial charge in [0.25, 0.3) is 0 Å². The molecule has 0 unspecified atom stereocenters. The largest absolute Gasteiger partial charge is 0.352 e. The Balaban J connectivity index is 1.72. The molecule has 1 heterocycles. The Morgan fingerprint density at radius 3 is 2.47 bits per heavy atom. The Labute approximate surface area is 177 Å². The first kappa shape index (κ1) is 22.0. The van der Waals surface area contributed by atoms with Crippen LogP contribution in [-0.4, -0.2) is 42.3 Å². The first-order chi connectivity index (χ1) is 14.2. The lowest BCUT2D eigenvalue weighted by molar-refractivity contribution is -0.121. The van der Waals surface area contributed by atoms with Crippen molar-refractivity contribution in [1.29, 1.82) is 0 Å². The summed E-state index contributed by atoms with van der Waals surface area (Å²) in [6, 6.07) is 13.0. The minimum atomic E-state index is -3.52. The summed E-state index contributed by atoms with van der Waals surface area (Å²) in [5, 5.41) is 2.94. The van der Waals surface area contributed by atoms with E-state index in [2.05, 4.69) is 10.3 Å². The molecule has 1 aromatic heterocycles. The molecule has 0 spiro atoms. The van der Waals surface area contributed by atoms with E-state index < -0.39 is 10.0 Å². The maximum Gasteiger partial charge on any atom is 0.242 e. The van der Waals surface area contributed by atoms with Crippen molar-refractivity contribution in [3.63, 3.8) is 0 Å². The lowest BCUT2D eigenvalue weighted by Crippen LogP contribution is -2.23. The number of rotatable bonds is 8. The number of carbonyl (C=O) groups is 1. The van der Waals surface area contributed by atoms with E-state index in [9.17, 15) is 13.2 Å². The standard InChI is InChI=1S/C22H28N4O3S/c1-5-26-20-11-10-18(30(28,29)25(3)4)14-19(20)24-21(26)12-13-22(27)23-15-17-8-6-16(2)7-9-17/h6-11,14H,5,12-13,15H2,1-4H3,(H,23,27). The fourth-order valence-corrected chi connectivity index (χ4v) is 4.22. The molecule has 0 aliphatic carbocycles. The van der Waals surface area contributed by atoms with Gasteiger partial charge in [0.2, 0.25) is 15.9 Å². The summed E-state index contributed by atoms with van der Waals surface area (Å²) in [5.41, 5.74) is 3.73. The van der Waals surface area contributed by atoms with E-state index in [0.29, 0.717) is 31.4 Å². The lowest BCUT2D eigenvalue weighted by atomic mass is 10.1. The van der Waals surface area contributed by atoms with Gasteiger partial charge < -0.3 is 9.88 Å². The van der Waals surface area contributed by atoms with Crippen LogP contribution >= 0.6 is 0 Å². The molecule has 0 aliphatic rings. The maximum absolute atomic E-state index is 12.4. The molecule has 1 amide bonds. The maximum atomic E-state index is 12.4. The molecular weight excluding hydrogens is 400 g/mol. The van der Waals surface area contributed by atoms with E-state index in [1.165, 1.54) is 24.0 Å². The summed E-state index contributed by atoms with van der Waals surface area (Å²) in [7, 11) is -0.511. The molecule has 2 aromatic carbocycles. The van der Waals surface area contributed by atoms with Crippen molar-refractivity contribution in [2.75, 3.05) is 14.1 Å². The first-order valence-corrected chi connectivity index (χ1v) is 11.4. The van der Waals surface area contributed by atoms with Crippen molar-refractivity contribution >= 4 is 27.0 Å². The highest BCUT2D eigenvalue weighted by Gasteiger charge is 2.19. The van der Waals surface area contributed by atoms with E-state index in [4.69, 9.17) is 0 Å². The summed E-state index contributed by atoms with van der Waals surface area (Å²) in [6.07, 6.45) is 0.802. The third-order valence-corrected chi connectivity index (χ3v) is 6.89. The van der Waals surface area contributed by atoms with E-state index in [-0.39, 0.29) is 10.8 Å². The molecule has 1 N–H and O–H groups in total. The molecule has 0 aliphatic heterocycles. The molecule has 7 nitrogen and oxygen atoms in total. The van der Waals surface area contributed by atoms with Gasteiger partial charge in [-0.3, -0.25) is 4.79 Å². The normalized spacial score (nSPS) is 11.9. The second-order valence-electron chi connectivity index (χ2n) is 7.47. The average molecular weight is 429 g/mol. The number of sulfonamides is 1. The van der Waals surface area contributed by atoms with Crippen molar-refractivity contribution in [1.82, 2.24) is 19.2 Å². The smallest absolute Gasteiger partial charge is 0.242 e. The summed E-state index contributed by atoms with van der Waals surface area (Å²) in [6.45, 7) is 5.22. The number of nitrogens with one attached hydrogen (secondary N) is 1. The number of hydrogen-bond donors (Lipinski definition) is 1. The van der Waals surface area contributed by atoms with Gasteiger partial charge in [0, 0.05) is 40.0 Å². The van der Waals surface area contributed by atoms with E-state index >= 15 is 0 Å². The molecule has 0 saturated heterocycles. The molecule has 3 rings (SSSR count). The summed E-state index contributed by atoms with van der Waals surface area (Å²) >= 11 is 0. The fraction of sp³-hybridized carbons (Fsp3) is 0.364. The molecule has 3 aromatic rings. The lowest BCUT2D eigenvalue weighted by Gasteiger charge is -2.11. The number of benzene rings is 2. The molecule has 0 atom stereocenters. The zero-order chi connectivity index (χ0) is 21.9. The van der Waals surface area contributed by atoms with Gasteiger partial charge >= 0.3 is 0 Å². The van der Waals surface area contributed by atoms with Gasteiger partial charge in [-0.15, -0.1) is 0 Å². The summed E-state index contributed by atoms with van der Waals surface area (Å²) < 4.78 is 28.0. The Hall–Kier alpha value is -2.71. The molecule has 0 saturated carbocycles. The van der Waals surface area contributed by atoms with E-state index in [1.807, 2.05) is 42.7 Å². The zero-order valence-corrected chi connectivity index (χ0v) is 18.7. The molecule has 0 bridgehead atoms. The predicted molar refractivity (Wildman–Crippen MR) is 118 cm³/mol. The third kappa shape index (κ3) is 4.71. The van der Waals surface area contributed by atoms with Crippen LogP contribution in [0.25, 0.3) is 11.0 Å². The second-order valence-corrected chi connectivity index (χ2v) is 9.62. The average Bonchev–Trinajstić information content (AvgIpc) is 3.08. The highest BCUT2D eigenvalue weighted by molar-refractivity contribution is 7.89. The van der Waals surface area contributed by atoms with Gasteiger partial charge in [-0.1, -0.05) is 29.8 Å². The van der Waals surface area contributed by atoms with Gasteiger partial charge in [0.05, 0.1) is 15.9 Å². The first-order valence-electron chi connectivity index (χ1n) is 9.96. The van der Waals surface area contributed by atoms with Gasteiger partial charge in [0.1, 0.15) is 5.82 Å². The minimum Gasteiger partial charge on any atom is -0.352 e. The number of hydrogen-bond acceptors (Lipinski definition) is 4. The monoisotopic (exact) mass is 428 g/mol. The van der Waals surface area contributed by atoms with Crippen LogP contribution in [0.15, 0.2) is 47.4 Å². The van der Waals surface area contributed by atoms with Crippen LogP contribution in [0.4, 0.5) is 0 Å². The van der Waals surface area contributed by atoms with Crippen molar-refractivity contribution < 1.29 is 13.2 Å². The number of aryl methyl sites for hydroxylation is 3. The third-order valence-electron chi connectivity index (χ3n) is 5.08. The highest BCUT2D eigenvalue weighted by Crippen LogP contribution is 2.22. The van der Waals surface area contributed by atoms with Gasteiger partial charge in [-0.2, -0.15) is 0 Å². The van der Waals surface area contributed by atoms with E-state index in [0.717, 1.165) is 16.9 Å².